The first-order chi connectivity index (χ1) is 12.2. The van der Waals surface area contributed by atoms with E-state index in [9.17, 15) is 23.5 Å². The Kier molecular flexibility index (Phi) is 4.96. The molecule has 7 nitrogen and oxygen atoms in total. The van der Waals surface area contributed by atoms with Crippen LogP contribution in [0.3, 0.4) is 0 Å². The number of hydrogen-bond acceptors (Lipinski definition) is 6. The smallest absolute Gasteiger partial charge is 0.389 e. The van der Waals surface area contributed by atoms with Crippen LogP contribution < -0.4 is 5.32 Å². The third kappa shape index (κ3) is 3.30. The zero-order valence-corrected chi connectivity index (χ0v) is 14.3. The van der Waals surface area contributed by atoms with Crippen LogP contribution in [0.25, 0.3) is 5.52 Å². The highest BCUT2D eigenvalue weighted by atomic mass is 35.5. The van der Waals surface area contributed by atoms with Gasteiger partial charge < -0.3 is 15.2 Å². The van der Waals surface area contributed by atoms with E-state index in [1.54, 1.807) is 6.07 Å². The molecule has 3 heterocycles. The van der Waals surface area contributed by atoms with E-state index in [0.717, 1.165) is 11.4 Å². The highest BCUT2D eigenvalue weighted by Gasteiger charge is 2.41. The molecule has 1 fully saturated rings. The molecule has 11 heteroatoms. The Morgan fingerprint density at radius 2 is 2.27 bits per heavy atom. The fourth-order valence-corrected chi connectivity index (χ4v) is 3.08. The van der Waals surface area contributed by atoms with Gasteiger partial charge in [-0.05, 0) is 13.3 Å². The Morgan fingerprint density at radius 1 is 1.54 bits per heavy atom. The van der Waals surface area contributed by atoms with Crippen LogP contribution in [0.4, 0.5) is 19.1 Å². The number of aliphatic hydroxyl groups excluding tert-OH is 1. The summed E-state index contributed by atoms with van der Waals surface area (Å²) in [5.41, 5.74) is -0.528. The number of nitrogens with zero attached hydrogens (tertiary/aromatic N) is 4. The number of nitrogens with one attached hydrogen (secondary N) is 1. The minimum absolute atomic E-state index is 0.0234. The van der Waals surface area contributed by atoms with E-state index in [-0.39, 0.29) is 34.4 Å². The number of anilines is 1. The molecule has 26 heavy (non-hydrogen) atoms. The molecule has 0 amide bonds. The van der Waals surface area contributed by atoms with E-state index in [1.165, 1.54) is 6.20 Å². The highest BCUT2D eigenvalue weighted by Crippen LogP contribution is 2.39. The predicted molar refractivity (Wildman–Crippen MR) is 86.0 cm³/mol. The number of hydrogen-bond donors (Lipinski definition) is 2. The zero-order valence-electron chi connectivity index (χ0n) is 13.6. The van der Waals surface area contributed by atoms with Gasteiger partial charge in [0.05, 0.1) is 47.1 Å². The number of halogens is 4. The fraction of sp³-hybridized carbons (Fsp3) is 0.533. The van der Waals surface area contributed by atoms with Crippen molar-refractivity contribution in [3.8, 4) is 6.07 Å². The summed E-state index contributed by atoms with van der Waals surface area (Å²) >= 11 is 6.06. The maximum Gasteiger partial charge on any atom is 0.397 e. The van der Waals surface area contributed by atoms with Crippen molar-refractivity contribution in [3.63, 3.8) is 0 Å². The first kappa shape index (κ1) is 18.7. The third-order valence-electron chi connectivity index (χ3n) is 4.31. The van der Waals surface area contributed by atoms with Crippen molar-refractivity contribution < 1.29 is 23.0 Å². The summed E-state index contributed by atoms with van der Waals surface area (Å²) in [5.74, 6) is -1.93. The van der Waals surface area contributed by atoms with Gasteiger partial charge in [0, 0.05) is 6.61 Å². The molecule has 2 N–H and O–H groups in total. The molecule has 0 aliphatic carbocycles. The largest absolute Gasteiger partial charge is 0.397 e. The van der Waals surface area contributed by atoms with Crippen molar-refractivity contribution >= 4 is 23.1 Å². The van der Waals surface area contributed by atoms with Crippen molar-refractivity contribution in [2.75, 3.05) is 18.5 Å². The number of fused-ring (bicyclic) bond motifs is 1. The van der Waals surface area contributed by atoms with Gasteiger partial charge in [0.25, 0.3) is 0 Å². The van der Waals surface area contributed by atoms with Gasteiger partial charge >= 0.3 is 6.18 Å². The Balaban J connectivity index is 2.06. The van der Waals surface area contributed by atoms with Crippen molar-refractivity contribution in [2.45, 2.75) is 37.6 Å². The van der Waals surface area contributed by atoms with Crippen LogP contribution in [-0.4, -0.2) is 51.2 Å². The first-order valence-electron chi connectivity index (χ1n) is 7.80. The predicted octanol–water partition coefficient (Wildman–Crippen LogP) is 2.48. The molecule has 1 aliphatic rings. The second kappa shape index (κ2) is 6.90. The Morgan fingerprint density at radius 3 is 2.88 bits per heavy atom. The zero-order chi connectivity index (χ0) is 19.1. The van der Waals surface area contributed by atoms with Crippen LogP contribution in [0.1, 0.15) is 30.5 Å². The van der Waals surface area contributed by atoms with Gasteiger partial charge in [-0.25, -0.2) is 9.50 Å². The lowest BCUT2D eigenvalue weighted by atomic mass is 10.0. The Hall–Kier alpha value is -2.09. The van der Waals surface area contributed by atoms with Crippen LogP contribution in [0.5, 0.6) is 0 Å². The monoisotopic (exact) mass is 389 g/mol. The SMILES string of the molecule is CC(c1c(C#N)c(Cl)c2cnc(N[C@@H]3CCOC[C@H]3O)nn12)C(F)(F)F. The summed E-state index contributed by atoms with van der Waals surface area (Å²) in [5, 5.41) is 26.0. The molecule has 2 aromatic rings. The van der Waals surface area contributed by atoms with Crippen molar-refractivity contribution in [1.82, 2.24) is 14.6 Å². The van der Waals surface area contributed by atoms with Gasteiger partial charge in [-0.1, -0.05) is 11.6 Å². The van der Waals surface area contributed by atoms with E-state index >= 15 is 0 Å². The minimum atomic E-state index is -4.57. The lowest BCUT2D eigenvalue weighted by molar-refractivity contribution is -0.147. The topological polar surface area (TPSA) is 95.5 Å². The molecule has 3 atom stereocenters. The van der Waals surface area contributed by atoms with Crippen LogP contribution in [0.15, 0.2) is 6.20 Å². The molecule has 0 bridgehead atoms. The van der Waals surface area contributed by atoms with E-state index in [1.807, 2.05) is 0 Å². The van der Waals surface area contributed by atoms with Crippen LogP contribution in [0.2, 0.25) is 5.02 Å². The maximum absolute atomic E-state index is 13.2. The first-order valence-corrected chi connectivity index (χ1v) is 8.18. The molecule has 0 radical (unpaired) electrons. The van der Waals surface area contributed by atoms with Gasteiger partial charge in [0.15, 0.2) is 0 Å². The molecule has 0 saturated carbocycles. The summed E-state index contributed by atoms with van der Waals surface area (Å²) in [6.45, 7) is 1.52. The Bertz CT molecular complexity index is 864. The van der Waals surface area contributed by atoms with Gasteiger partial charge in [-0.15, -0.1) is 5.10 Å². The molecule has 1 unspecified atom stereocenters. The third-order valence-corrected chi connectivity index (χ3v) is 4.70. The summed E-state index contributed by atoms with van der Waals surface area (Å²) in [6, 6.07) is 1.32. The Labute approximate surface area is 151 Å². The van der Waals surface area contributed by atoms with Crippen LogP contribution >= 0.6 is 11.6 Å². The number of aliphatic hydroxyl groups is 1. The second-order valence-corrected chi connectivity index (χ2v) is 6.39. The molecule has 140 valence electrons. The summed E-state index contributed by atoms with van der Waals surface area (Å²) in [7, 11) is 0. The molecule has 0 aromatic carbocycles. The standard InChI is InChI=1S/C15H15ClF3N5O2/c1-7(15(17,18)19)13-8(4-20)12(16)10-5-21-14(23-24(10)13)22-9-2-3-26-6-11(9)25/h5,7,9,11,25H,2-3,6H2,1H3,(H,22,23)/t7?,9-,11-/m1/s1. The maximum atomic E-state index is 13.2. The van der Waals surface area contributed by atoms with Crippen molar-refractivity contribution in [3.05, 3.63) is 22.5 Å². The molecule has 2 aromatic heterocycles. The number of ether oxygens (including phenoxy) is 1. The quantitative estimate of drug-likeness (QED) is 0.837. The number of alkyl halides is 3. The number of rotatable bonds is 3. The van der Waals surface area contributed by atoms with Gasteiger partial charge in [-0.3, -0.25) is 0 Å². The lowest BCUT2D eigenvalue weighted by Gasteiger charge is -2.28. The lowest BCUT2D eigenvalue weighted by Crippen LogP contribution is -2.42. The molecule has 0 spiro atoms. The van der Waals surface area contributed by atoms with Gasteiger partial charge in [-0.2, -0.15) is 18.4 Å². The molecule has 3 rings (SSSR count). The van der Waals surface area contributed by atoms with Crippen LogP contribution in [0, 0.1) is 11.3 Å². The van der Waals surface area contributed by atoms with E-state index in [2.05, 4.69) is 15.4 Å². The summed E-state index contributed by atoms with van der Waals surface area (Å²) in [6.07, 6.45) is -3.63. The molecule has 1 saturated heterocycles. The van der Waals surface area contributed by atoms with E-state index in [4.69, 9.17) is 16.3 Å². The van der Waals surface area contributed by atoms with Crippen molar-refractivity contribution in [2.24, 2.45) is 0 Å². The minimum Gasteiger partial charge on any atom is -0.389 e. The molecular weight excluding hydrogens is 375 g/mol. The van der Waals surface area contributed by atoms with Crippen LogP contribution in [-0.2, 0) is 4.74 Å². The summed E-state index contributed by atoms with van der Waals surface area (Å²) < 4.78 is 45.8. The summed E-state index contributed by atoms with van der Waals surface area (Å²) in [4.78, 5) is 4.04. The molecular formula is C15H15ClF3N5O2. The fourth-order valence-electron chi connectivity index (χ4n) is 2.82. The van der Waals surface area contributed by atoms with Gasteiger partial charge in [0.2, 0.25) is 5.95 Å². The number of aromatic nitrogens is 3. The molecule has 1 aliphatic heterocycles. The van der Waals surface area contributed by atoms with Crippen molar-refractivity contribution in [1.29, 1.82) is 5.26 Å². The average Bonchev–Trinajstić information content (AvgIpc) is 2.87. The van der Waals surface area contributed by atoms with Gasteiger partial charge in [0.1, 0.15) is 11.6 Å². The average molecular weight is 390 g/mol. The van der Waals surface area contributed by atoms with E-state index < -0.39 is 24.2 Å². The second-order valence-electron chi connectivity index (χ2n) is 6.01. The highest BCUT2D eigenvalue weighted by molar-refractivity contribution is 6.35. The normalized spacial score (nSPS) is 22.2. The van der Waals surface area contributed by atoms with E-state index in [0.29, 0.717) is 13.0 Å². The number of nitriles is 1.